The Morgan fingerprint density at radius 2 is 1.67 bits per heavy atom. The van der Waals surface area contributed by atoms with Crippen molar-refractivity contribution >= 4 is 0 Å². The molecule has 0 rings (SSSR count). The summed E-state index contributed by atoms with van der Waals surface area (Å²) < 4.78 is 0. The fourth-order valence-corrected chi connectivity index (χ4v) is 0. The van der Waals surface area contributed by atoms with Crippen LogP contribution in [-0.4, -0.2) is 10.3 Å². The van der Waals surface area contributed by atoms with E-state index in [4.69, 9.17) is 15.3 Å². The smallest absolute Gasteiger partial charge is 0.291 e. The molecular weight excluding hydrogens is 174 g/mol. The topological polar surface area (TPSA) is 63.4 Å². The molecule has 0 fully saturated rings. The van der Waals surface area contributed by atoms with E-state index in [1.807, 2.05) is 0 Å². The molecule has 0 saturated carbocycles. The Balaban J connectivity index is -0.0000000450. The van der Waals surface area contributed by atoms with Crippen LogP contribution in [0.25, 0.3) is 0 Å². The Morgan fingerprint density at radius 3 is 1.67 bits per heavy atom. The molecule has 0 aromatic rings. The van der Waals surface area contributed by atoms with E-state index in [1.165, 1.54) is 0 Å². The fraction of sp³-hybridized carbons (Fsp3) is 0. The van der Waals surface area contributed by atoms with Gasteiger partial charge in [-0.15, -0.1) is 10.1 Å². The second-order valence-corrected chi connectivity index (χ2v) is 0.238. The minimum Gasteiger partial charge on any atom is -0.328 e. The van der Waals surface area contributed by atoms with Crippen LogP contribution in [0.4, 0.5) is 4.70 Å². The van der Waals surface area contributed by atoms with Crippen molar-refractivity contribution in [2.75, 3.05) is 0 Å². The summed E-state index contributed by atoms with van der Waals surface area (Å²) >= 11 is 0. The second-order valence-electron chi connectivity index (χ2n) is 0.238. The average Bonchev–Trinajstić information content (AvgIpc) is 0.811. The van der Waals surface area contributed by atoms with Gasteiger partial charge < -0.3 is 5.21 Å². The summed E-state index contributed by atoms with van der Waals surface area (Å²) in [5.74, 6) is 0. The average molecular weight is 176 g/mol. The number of hydrogen-bond acceptors (Lipinski definition) is 2. The molecule has 0 heterocycles. The number of nitrogens with zero attached hydrogens (tertiary/aromatic N) is 1. The van der Waals surface area contributed by atoms with Crippen molar-refractivity contribution in [1.29, 1.82) is 0 Å². The second kappa shape index (κ2) is 8.86. The van der Waals surface area contributed by atoms with Gasteiger partial charge in [-0.05, 0) is 0 Å². The Labute approximate surface area is 48.1 Å². The van der Waals surface area contributed by atoms with E-state index in [0.29, 0.717) is 0 Å². The van der Waals surface area contributed by atoms with E-state index < -0.39 is 5.09 Å². The van der Waals surface area contributed by atoms with Crippen LogP contribution in [0.5, 0.6) is 0 Å². The van der Waals surface area contributed by atoms with Gasteiger partial charge in [0.05, 0.1) is 0 Å². The van der Waals surface area contributed by atoms with Gasteiger partial charge in [0.15, 0.2) is 0 Å². The Bertz CT molecular complexity index is 33.8. The summed E-state index contributed by atoms with van der Waals surface area (Å²) in [6.07, 6.45) is 0. The molecule has 0 saturated heterocycles. The molecule has 0 atom stereocenters. The third kappa shape index (κ3) is 1890. The van der Waals surface area contributed by atoms with Crippen LogP contribution >= 0.6 is 0 Å². The molecule has 1 radical (unpaired) electrons. The van der Waals surface area contributed by atoms with E-state index in [9.17, 15) is 0 Å². The van der Waals surface area contributed by atoms with Gasteiger partial charge in [0, 0.05) is 22.4 Å². The van der Waals surface area contributed by atoms with Gasteiger partial charge in [0.2, 0.25) is 0 Å². The number of halogens is 1. The molecular formula is H2FNNbO3. The zero-order chi connectivity index (χ0) is 3.58. The summed E-state index contributed by atoms with van der Waals surface area (Å²) in [7, 11) is 0. The van der Waals surface area contributed by atoms with Crippen molar-refractivity contribution in [2.45, 2.75) is 0 Å². The van der Waals surface area contributed by atoms with Gasteiger partial charge in [0.25, 0.3) is 5.09 Å². The van der Waals surface area contributed by atoms with Crippen LogP contribution < -0.4 is 0 Å². The van der Waals surface area contributed by atoms with Gasteiger partial charge in [-0.1, -0.05) is 0 Å². The first-order valence-electron chi connectivity index (χ1n) is 0.565. The van der Waals surface area contributed by atoms with Crippen molar-refractivity contribution in [3.63, 3.8) is 0 Å². The SMILES string of the molecule is F.O=[N+]([O-])O.[Nb]. The molecule has 0 unspecified atom stereocenters. The Morgan fingerprint density at radius 1 is 1.67 bits per heavy atom. The van der Waals surface area contributed by atoms with E-state index in [-0.39, 0.29) is 27.1 Å². The number of rotatable bonds is 0. The van der Waals surface area contributed by atoms with Gasteiger partial charge in [-0.3, -0.25) is 4.70 Å². The number of hydrogen-bond donors (Lipinski definition) is 1. The maximum absolute atomic E-state index is 8.36. The summed E-state index contributed by atoms with van der Waals surface area (Å²) in [6, 6.07) is 0. The zero-order valence-electron chi connectivity index (χ0n) is 2.57. The van der Waals surface area contributed by atoms with E-state index in [0.717, 1.165) is 0 Å². The van der Waals surface area contributed by atoms with Crippen LogP contribution in [0, 0.1) is 10.1 Å². The molecule has 0 aromatic heterocycles. The molecule has 6 heteroatoms. The minimum atomic E-state index is -1.50. The van der Waals surface area contributed by atoms with Crippen molar-refractivity contribution in [3.05, 3.63) is 10.1 Å². The van der Waals surface area contributed by atoms with Crippen molar-refractivity contribution in [2.24, 2.45) is 0 Å². The van der Waals surface area contributed by atoms with E-state index >= 15 is 0 Å². The van der Waals surface area contributed by atoms with Gasteiger partial charge >= 0.3 is 0 Å². The van der Waals surface area contributed by atoms with Crippen molar-refractivity contribution in [1.82, 2.24) is 0 Å². The van der Waals surface area contributed by atoms with Crippen LogP contribution in [-0.2, 0) is 22.4 Å². The molecule has 0 amide bonds. The molecule has 0 spiro atoms. The molecule has 0 aliphatic carbocycles. The van der Waals surface area contributed by atoms with Gasteiger partial charge in [0.1, 0.15) is 0 Å². The minimum absolute atomic E-state index is 0. The maximum Gasteiger partial charge on any atom is 0.291 e. The van der Waals surface area contributed by atoms with E-state index in [2.05, 4.69) is 0 Å². The third-order valence-electron chi connectivity index (χ3n) is 0. The van der Waals surface area contributed by atoms with Gasteiger partial charge in [-0.2, -0.15) is 0 Å². The van der Waals surface area contributed by atoms with Crippen LogP contribution in [0.1, 0.15) is 0 Å². The van der Waals surface area contributed by atoms with Crippen LogP contribution in [0.15, 0.2) is 0 Å². The summed E-state index contributed by atoms with van der Waals surface area (Å²) in [4.78, 5) is 8.36. The van der Waals surface area contributed by atoms with Crippen LogP contribution in [0.2, 0.25) is 0 Å². The zero-order valence-corrected chi connectivity index (χ0v) is 4.76. The molecule has 0 aliphatic heterocycles. The predicted octanol–water partition coefficient (Wildman–Crippen LogP) is -0.198. The quantitative estimate of drug-likeness (QED) is 0.315. The molecule has 6 heavy (non-hydrogen) atoms. The first kappa shape index (κ1) is 16.9. The largest absolute Gasteiger partial charge is 0.328 e. The molecule has 37 valence electrons. The van der Waals surface area contributed by atoms with Crippen LogP contribution in [0.3, 0.4) is 0 Å². The molecule has 0 aromatic carbocycles. The third-order valence-corrected chi connectivity index (χ3v) is 0. The predicted molar refractivity (Wildman–Crippen MR) is 11.3 cm³/mol. The molecule has 1 N–H and O–H groups in total. The van der Waals surface area contributed by atoms with E-state index in [1.54, 1.807) is 0 Å². The summed E-state index contributed by atoms with van der Waals surface area (Å²) in [5.41, 5.74) is 0. The summed E-state index contributed by atoms with van der Waals surface area (Å²) in [6.45, 7) is 0. The van der Waals surface area contributed by atoms with Crippen molar-refractivity contribution < 1.29 is 37.4 Å². The van der Waals surface area contributed by atoms with Gasteiger partial charge in [-0.25, -0.2) is 0 Å². The molecule has 0 aliphatic rings. The normalized spacial score (nSPS) is 4.00. The maximum atomic E-state index is 8.36. The first-order chi connectivity index (χ1) is 1.73. The Hall–Kier alpha value is -0.130. The summed E-state index contributed by atoms with van der Waals surface area (Å²) in [5, 5.41) is 13.6. The van der Waals surface area contributed by atoms with Crippen molar-refractivity contribution in [3.8, 4) is 0 Å². The molecule has 0 bridgehead atoms. The molecule has 4 nitrogen and oxygen atoms in total. The Kier molecular flexibility index (Phi) is 24.9. The first-order valence-corrected chi connectivity index (χ1v) is 0.565. The fourth-order valence-electron chi connectivity index (χ4n) is 0. The standard InChI is InChI=1S/FH.HNO3.Nb/c;2-1(3)4;/h1H;(H,2,3,4);. The monoisotopic (exact) mass is 176 g/mol.